The van der Waals surface area contributed by atoms with Gasteiger partial charge in [0.2, 0.25) is 0 Å². The maximum Gasteiger partial charge on any atom is 0.160 e. The molecular formula is C42H48F2N2O7S2. The summed E-state index contributed by atoms with van der Waals surface area (Å²) in [7, 11) is -8.32. The number of fused-ring (bicyclic) bond motifs is 1. The summed E-state index contributed by atoms with van der Waals surface area (Å²) in [6.45, 7) is 5.15. The molecule has 5 rings (SSSR count). The number of hydrogen-bond donors (Lipinski definition) is 4. The summed E-state index contributed by atoms with van der Waals surface area (Å²) in [5, 5.41) is 21.1. The number of unbranched alkanes of at least 4 members (excludes halogenated alkanes) is 2. The van der Waals surface area contributed by atoms with Crippen molar-refractivity contribution in [2.75, 3.05) is 24.0 Å². The second-order valence-electron chi connectivity index (χ2n) is 13.2. The van der Waals surface area contributed by atoms with Crippen molar-refractivity contribution in [3.05, 3.63) is 131 Å². The van der Waals surface area contributed by atoms with Crippen molar-refractivity contribution in [3.8, 4) is 34.4 Å². The van der Waals surface area contributed by atoms with Crippen LogP contribution in [-0.4, -0.2) is 56.4 Å². The standard InChI is InChI=1S/C22H12F2N2O.C10H8.2C5H14O3S/c1-13(27)18-10-14(15-4-2-6-21(23)19(15)11-25)8-9-17(18)16-5-3-7-22(24)20(16)12-26;1-2-6-10-8-4-3-7-9(10)5-1;2*1-3-4-5-9(2,6,7)8/h2-10H,1H3;1-8H;2*3-5H2,1-2H3,(H2,6,7,8). The first kappa shape index (κ1) is 46.2. The fourth-order valence-corrected chi connectivity index (χ4v) is 6.97. The lowest BCUT2D eigenvalue weighted by molar-refractivity contribution is 0.101. The van der Waals surface area contributed by atoms with Crippen molar-refractivity contribution < 1.29 is 40.2 Å². The molecule has 4 N–H and O–H groups in total. The van der Waals surface area contributed by atoms with Crippen LogP contribution in [-0.2, 0) is 19.3 Å². The molecule has 0 aromatic heterocycles. The van der Waals surface area contributed by atoms with E-state index in [-0.39, 0.29) is 34.0 Å². The van der Waals surface area contributed by atoms with Crippen LogP contribution in [0.2, 0.25) is 0 Å². The van der Waals surface area contributed by atoms with Crippen LogP contribution in [0.25, 0.3) is 33.0 Å². The Labute approximate surface area is 321 Å². The van der Waals surface area contributed by atoms with Gasteiger partial charge in [0, 0.05) is 40.7 Å². The van der Waals surface area contributed by atoms with Gasteiger partial charge in [0.05, 0.1) is 30.4 Å². The topological polar surface area (TPSA) is 180 Å². The lowest BCUT2D eigenvalue weighted by Gasteiger charge is -2.24. The summed E-state index contributed by atoms with van der Waals surface area (Å²) in [6.07, 6.45) is 4.79. The molecule has 0 spiro atoms. The van der Waals surface area contributed by atoms with E-state index in [0.717, 1.165) is 25.4 Å². The van der Waals surface area contributed by atoms with Crippen molar-refractivity contribution in [2.45, 2.75) is 46.5 Å². The van der Waals surface area contributed by atoms with Gasteiger partial charge in [-0.15, -0.1) is 0 Å². The van der Waals surface area contributed by atoms with Gasteiger partial charge in [0.1, 0.15) is 23.8 Å². The zero-order chi connectivity index (χ0) is 41.5. The molecular weight excluding hydrogens is 747 g/mol. The van der Waals surface area contributed by atoms with E-state index in [1.165, 1.54) is 48.0 Å². The van der Waals surface area contributed by atoms with Gasteiger partial charge in [-0.3, -0.25) is 4.79 Å². The van der Waals surface area contributed by atoms with E-state index in [2.05, 4.69) is 48.5 Å². The van der Waals surface area contributed by atoms with Crippen LogP contribution in [0.15, 0.2) is 103 Å². The molecule has 0 radical (unpaired) electrons. The van der Waals surface area contributed by atoms with E-state index in [4.69, 9.17) is 18.2 Å². The van der Waals surface area contributed by atoms with Gasteiger partial charge in [-0.2, -0.15) is 10.5 Å². The zero-order valence-electron chi connectivity index (χ0n) is 31.5. The molecule has 13 heteroatoms. The minimum Gasteiger partial charge on any atom is -0.308 e. The Bertz CT molecular complexity index is 2210. The van der Waals surface area contributed by atoms with Crippen LogP contribution in [0.3, 0.4) is 0 Å². The molecule has 0 bridgehead atoms. The van der Waals surface area contributed by atoms with Crippen LogP contribution in [0.4, 0.5) is 8.78 Å². The highest BCUT2D eigenvalue weighted by molar-refractivity contribution is 8.09. The number of halogens is 2. The average molecular weight is 795 g/mol. The third kappa shape index (κ3) is 16.1. The number of Topliss-reactive ketones (excluding diaryl/α,β-unsaturated/α-hetero) is 1. The van der Waals surface area contributed by atoms with Gasteiger partial charge in [0.15, 0.2) is 5.78 Å². The molecule has 55 heavy (non-hydrogen) atoms. The maximum absolute atomic E-state index is 14.0. The van der Waals surface area contributed by atoms with Gasteiger partial charge in [0.25, 0.3) is 0 Å². The third-order valence-electron chi connectivity index (χ3n) is 7.85. The maximum atomic E-state index is 14.0. The molecule has 0 aliphatic rings. The predicted molar refractivity (Wildman–Crippen MR) is 219 cm³/mol. The van der Waals surface area contributed by atoms with Gasteiger partial charge >= 0.3 is 0 Å². The zero-order valence-corrected chi connectivity index (χ0v) is 33.2. The first-order valence-electron chi connectivity index (χ1n) is 17.3. The van der Waals surface area contributed by atoms with E-state index < -0.39 is 30.9 Å². The van der Waals surface area contributed by atoms with Gasteiger partial charge in [-0.25, -0.2) is 17.2 Å². The summed E-state index contributed by atoms with van der Waals surface area (Å²) in [5.74, 6) is -1.64. The molecule has 0 aliphatic heterocycles. The molecule has 0 amide bonds. The molecule has 0 fully saturated rings. The number of nitrogens with zero attached hydrogens (tertiary/aromatic N) is 2. The number of ketones is 1. The van der Waals surface area contributed by atoms with Crippen LogP contribution >= 0.6 is 0 Å². The van der Waals surface area contributed by atoms with Crippen LogP contribution in [0, 0.1) is 34.3 Å². The van der Waals surface area contributed by atoms with Crippen molar-refractivity contribution in [2.24, 2.45) is 0 Å². The highest BCUT2D eigenvalue weighted by atomic mass is 32.3. The fraction of sp³-hybridized carbons (Fsp3) is 0.262. The lowest BCUT2D eigenvalue weighted by atomic mass is 9.90. The number of hydrogen-bond acceptors (Lipinski definition) is 5. The van der Waals surface area contributed by atoms with Crippen molar-refractivity contribution in [1.82, 2.24) is 0 Å². The van der Waals surface area contributed by atoms with E-state index in [1.54, 1.807) is 24.3 Å². The minimum absolute atomic E-state index is 0.00625. The van der Waals surface area contributed by atoms with E-state index in [9.17, 15) is 32.5 Å². The monoisotopic (exact) mass is 794 g/mol. The largest absolute Gasteiger partial charge is 0.308 e. The number of carbonyl (C=O) groups is 1. The fourth-order valence-electron chi connectivity index (χ4n) is 5.06. The van der Waals surface area contributed by atoms with Gasteiger partial charge in [-0.1, -0.05) is 112 Å². The molecule has 0 heterocycles. The summed E-state index contributed by atoms with van der Waals surface area (Å²) in [5.41, 5.74) is 1.51. The Kier molecular flexibility index (Phi) is 16.4. The summed E-state index contributed by atoms with van der Waals surface area (Å²) >= 11 is 0. The molecule has 0 unspecified atom stereocenters. The summed E-state index contributed by atoms with van der Waals surface area (Å²) in [4.78, 5) is 12.2. The molecule has 0 saturated heterocycles. The Balaban J connectivity index is 0.000000304. The molecule has 0 atom stereocenters. The third-order valence-corrected chi connectivity index (χ3v) is 10.3. The van der Waals surface area contributed by atoms with Crippen molar-refractivity contribution in [1.29, 1.82) is 10.5 Å². The molecule has 0 aliphatic carbocycles. The first-order chi connectivity index (χ1) is 25.6. The number of carbonyl (C=O) groups excluding carboxylic acids is 1. The highest BCUT2D eigenvalue weighted by Gasteiger charge is 2.21. The quantitative estimate of drug-likeness (QED) is 0.106. The smallest absolute Gasteiger partial charge is 0.160 e. The Morgan fingerprint density at radius 3 is 1.36 bits per heavy atom. The van der Waals surface area contributed by atoms with Crippen molar-refractivity contribution >= 4 is 35.8 Å². The summed E-state index contributed by atoms with van der Waals surface area (Å²) in [6, 6.07) is 33.5. The molecule has 0 saturated carbocycles. The predicted octanol–water partition coefficient (Wildman–Crippen LogP) is 10.4. The normalized spacial score (nSPS) is 12.2. The van der Waals surface area contributed by atoms with Crippen LogP contribution in [0.5, 0.6) is 0 Å². The first-order valence-corrected chi connectivity index (χ1v) is 22.2. The minimum atomic E-state index is -4.16. The second kappa shape index (κ2) is 19.6. The Morgan fingerprint density at radius 2 is 1.02 bits per heavy atom. The number of rotatable bonds is 9. The SMILES string of the molecule is CC(=O)c1cc(-c2cccc(F)c2C#N)ccc1-c1cccc(F)c1C#N.CCCCS(C)(=O)(O)O.CCCCS(C)(=O)(O)O.c1ccc2ccccc2c1. The average Bonchev–Trinajstić information content (AvgIpc) is 3.12. The van der Waals surface area contributed by atoms with Gasteiger partial charge < -0.3 is 18.2 Å². The highest BCUT2D eigenvalue weighted by Crippen LogP contribution is 2.33. The Hall–Kier alpha value is -4.99. The van der Waals surface area contributed by atoms with Crippen LogP contribution in [0.1, 0.15) is 67.9 Å². The van der Waals surface area contributed by atoms with Crippen LogP contribution < -0.4 is 0 Å². The number of nitriles is 2. The molecule has 9 nitrogen and oxygen atoms in total. The van der Waals surface area contributed by atoms with Crippen molar-refractivity contribution in [3.63, 3.8) is 0 Å². The van der Waals surface area contributed by atoms with E-state index in [0.29, 0.717) is 35.1 Å². The van der Waals surface area contributed by atoms with E-state index in [1.807, 2.05) is 26.0 Å². The molecule has 5 aromatic rings. The second-order valence-corrected chi connectivity index (χ2v) is 19.7. The van der Waals surface area contributed by atoms with E-state index >= 15 is 0 Å². The Morgan fingerprint density at radius 1 is 0.618 bits per heavy atom. The molecule has 294 valence electrons. The summed E-state index contributed by atoms with van der Waals surface area (Å²) < 4.78 is 84.1. The lowest BCUT2D eigenvalue weighted by Crippen LogP contribution is -2.32. The number of benzene rings is 5. The van der Waals surface area contributed by atoms with Gasteiger partial charge in [-0.05, 0) is 59.9 Å². The molecule has 5 aromatic carbocycles.